The summed E-state index contributed by atoms with van der Waals surface area (Å²) in [5, 5.41) is 4.76. The fraction of sp³-hybridized carbons (Fsp3) is 0.0851. The zero-order chi connectivity index (χ0) is 33.4. The largest absolute Gasteiger partial charge is 0.294 e. The molecule has 0 aliphatic rings. The lowest BCUT2D eigenvalue weighted by atomic mass is 9.87. The topological polar surface area (TPSA) is 16.1 Å². The van der Waals surface area contributed by atoms with E-state index in [1.165, 1.54) is 54.9 Å². The molecule has 2 nitrogen and oxygen atoms in total. The minimum atomic E-state index is -0.0907. The van der Waals surface area contributed by atoms with Crippen molar-refractivity contribution in [3.63, 3.8) is 0 Å². The fourth-order valence-electron chi connectivity index (χ4n) is 6.94. The average molecular weight is 631 g/mol. The molecule has 0 spiro atoms. The number of nitrogens with zero attached hydrogens (tertiary/aromatic N) is 2. The second-order valence-corrected chi connectivity index (χ2v) is 13.6. The summed E-state index contributed by atoms with van der Waals surface area (Å²) < 4.78 is 0. The van der Waals surface area contributed by atoms with Crippen LogP contribution in [-0.2, 0) is 5.41 Å². The molecule has 49 heavy (non-hydrogen) atoms. The maximum absolute atomic E-state index is 5.31. The summed E-state index contributed by atoms with van der Waals surface area (Å²) in [6.07, 6.45) is 0. The molecule has 8 rings (SSSR count). The second-order valence-electron chi connectivity index (χ2n) is 13.6. The van der Waals surface area contributed by atoms with Crippen LogP contribution in [0.25, 0.3) is 54.9 Å². The maximum atomic E-state index is 5.31. The molecule has 2 heteroatoms. The number of benzene rings is 7. The Hall–Kier alpha value is -5.99. The maximum Gasteiger partial charge on any atom is 0.137 e. The highest BCUT2D eigenvalue weighted by atomic mass is 15.2. The summed E-state index contributed by atoms with van der Waals surface area (Å²) >= 11 is 0. The monoisotopic (exact) mass is 630 g/mol. The number of aromatic nitrogens is 1. The van der Waals surface area contributed by atoms with Crippen LogP contribution in [0, 0.1) is 0 Å². The van der Waals surface area contributed by atoms with Crippen LogP contribution in [0.15, 0.2) is 176 Å². The molecule has 0 unspecified atom stereocenters. The normalized spacial score (nSPS) is 11.6. The van der Waals surface area contributed by atoms with Gasteiger partial charge in [-0.2, -0.15) is 0 Å². The van der Waals surface area contributed by atoms with Crippen LogP contribution in [0.3, 0.4) is 0 Å². The lowest BCUT2D eigenvalue weighted by Crippen LogP contribution is -2.18. The highest BCUT2D eigenvalue weighted by molar-refractivity contribution is 6.22. The number of hydrogen-bond donors (Lipinski definition) is 0. The predicted octanol–water partition coefficient (Wildman–Crippen LogP) is 13.2. The van der Waals surface area contributed by atoms with Crippen LogP contribution in [0.5, 0.6) is 0 Å². The first kappa shape index (κ1) is 30.4. The van der Waals surface area contributed by atoms with Gasteiger partial charge in [-0.3, -0.25) is 4.90 Å². The van der Waals surface area contributed by atoms with Gasteiger partial charge >= 0.3 is 0 Å². The van der Waals surface area contributed by atoms with E-state index >= 15 is 0 Å². The second kappa shape index (κ2) is 12.6. The highest BCUT2D eigenvalue weighted by Crippen LogP contribution is 2.48. The lowest BCUT2D eigenvalue weighted by molar-refractivity contribution is 0.569. The summed E-state index contributed by atoms with van der Waals surface area (Å²) in [6, 6.07) is 63.2. The fourth-order valence-corrected chi connectivity index (χ4v) is 6.94. The van der Waals surface area contributed by atoms with E-state index in [9.17, 15) is 0 Å². The predicted molar refractivity (Wildman–Crippen MR) is 209 cm³/mol. The summed E-state index contributed by atoms with van der Waals surface area (Å²) in [5.41, 5.74) is 10.4. The Kier molecular flexibility index (Phi) is 7.78. The number of anilines is 3. The van der Waals surface area contributed by atoms with Crippen LogP contribution in [0.2, 0.25) is 0 Å². The van der Waals surface area contributed by atoms with Crippen LogP contribution >= 0.6 is 0 Å². The first-order chi connectivity index (χ1) is 24.0. The molecule has 0 atom stereocenters. The van der Waals surface area contributed by atoms with E-state index in [1.807, 2.05) is 0 Å². The van der Waals surface area contributed by atoms with E-state index in [0.29, 0.717) is 0 Å². The molecule has 8 aromatic rings. The average Bonchev–Trinajstić information content (AvgIpc) is 3.15. The molecular formula is C47H38N2. The van der Waals surface area contributed by atoms with Crippen LogP contribution < -0.4 is 4.90 Å². The van der Waals surface area contributed by atoms with Crippen molar-refractivity contribution in [1.29, 1.82) is 0 Å². The van der Waals surface area contributed by atoms with Gasteiger partial charge in [0.1, 0.15) is 5.82 Å². The van der Waals surface area contributed by atoms with Gasteiger partial charge in [-0.15, -0.1) is 0 Å². The molecule has 0 N–H and O–H groups in total. The molecule has 0 bridgehead atoms. The number of hydrogen-bond acceptors (Lipinski definition) is 2. The van der Waals surface area contributed by atoms with Crippen molar-refractivity contribution >= 4 is 38.7 Å². The van der Waals surface area contributed by atoms with Gasteiger partial charge in [0.25, 0.3) is 0 Å². The molecule has 0 radical (unpaired) electrons. The summed E-state index contributed by atoms with van der Waals surface area (Å²) in [7, 11) is 0. The minimum Gasteiger partial charge on any atom is -0.294 e. The van der Waals surface area contributed by atoms with Crippen LogP contribution in [0.1, 0.15) is 26.5 Å². The molecule has 1 aromatic heterocycles. The van der Waals surface area contributed by atoms with Crippen molar-refractivity contribution in [3.8, 4) is 33.4 Å². The Labute approximate surface area is 289 Å². The number of rotatable bonds is 6. The molecule has 0 aliphatic heterocycles. The van der Waals surface area contributed by atoms with Crippen molar-refractivity contribution in [2.24, 2.45) is 0 Å². The minimum absolute atomic E-state index is 0.0907. The van der Waals surface area contributed by atoms with Gasteiger partial charge in [-0.25, -0.2) is 4.98 Å². The van der Waals surface area contributed by atoms with E-state index in [-0.39, 0.29) is 5.41 Å². The molecular weight excluding hydrogens is 593 g/mol. The Balaban J connectivity index is 1.46. The van der Waals surface area contributed by atoms with Crippen molar-refractivity contribution in [1.82, 2.24) is 4.98 Å². The van der Waals surface area contributed by atoms with E-state index in [1.54, 1.807) is 0 Å². The number of pyridine rings is 1. The number of para-hydroxylation sites is 1. The lowest BCUT2D eigenvalue weighted by Gasteiger charge is -2.30. The Morgan fingerprint density at radius 1 is 0.408 bits per heavy atom. The first-order valence-corrected chi connectivity index (χ1v) is 17.0. The van der Waals surface area contributed by atoms with Crippen molar-refractivity contribution in [3.05, 3.63) is 182 Å². The Morgan fingerprint density at radius 3 is 1.37 bits per heavy atom. The van der Waals surface area contributed by atoms with E-state index in [2.05, 4.69) is 202 Å². The van der Waals surface area contributed by atoms with Gasteiger partial charge in [0.15, 0.2) is 0 Å². The van der Waals surface area contributed by atoms with Crippen molar-refractivity contribution in [2.45, 2.75) is 26.2 Å². The Morgan fingerprint density at radius 2 is 0.857 bits per heavy atom. The zero-order valence-electron chi connectivity index (χ0n) is 28.1. The number of fused-ring (bicyclic) bond motifs is 2. The van der Waals surface area contributed by atoms with Gasteiger partial charge in [0, 0.05) is 27.6 Å². The quantitative estimate of drug-likeness (QED) is 0.170. The van der Waals surface area contributed by atoms with Crippen molar-refractivity contribution < 1.29 is 0 Å². The molecule has 0 fully saturated rings. The van der Waals surface area contributed by atoms with E-state index in [0.717, 1.165) is 22.9 Å². The molecule has 236 valence electrons. The summed E-state index contributed by atoms with van der Waals surface area (Å²) in [5.74, 6) is 0.902. The van der Waals surface area contributed by atoms with Crippen molar-refractivity contribution in [2.75, 3.05) is 4.90 Å². The third-order valence-electron chi connectivity index (χ3n) is 9.31. The molecule has 0 amide bonds. The van der Waals surface area contributed by atoms with Crippen LogP contribution in [-0.4, -0.2) is 4.98 Å². The van der Waals surface area contributed by atoms with Gasteiger partial charge in [-0.1, -0.05) is 154 Å². The first-order valence-electron chi connectivity index (χ1n) is 17.0. The van der Waals surface area contributed by atoms with E-state index < -0.39 is 0 Å². The summed E-state index contributed by atoms with van der Waals surface area (Å²) in [6.45, 7) is 6.66. The third-order valence-corrected chi connectivity index (χ3v) is 9.31. The van der Waals surface area contributed by atoms with Gasteiger partial charge in [0.2, 0.25) is 0 Å². The molecule has 1 heterocycles. The zero-order valence-corrected chi connectivity index (χ0v) is 28.1. The smallest absolute Gasteiger partial charge is 0.137 e. The molecule has 0 aliphatic carbocycles. The van der Waals surface area contributed by atoms with Gasteiger partial charge in [0.05, 0.1) is 5.69 Å². The van der Waals surface area contributed by atoms with Crippen LogP contribution in [0.4, 0.5) is 17.2 Å². The van der Waals surface area contributed by atoms with E-state index in [4.69, 9.17) is 4.98 Å². The van der Waals surface area contributed by atoms with Gasteiger partial charge < -0.3 is 0 Å². The third kappa shape index (κ3) is 5.76. The SMILES string of the molecule is CC(C)(C)c1cccc(N(c2ccccc2)c2c3ccccc3c(-c3cc(-c4ccccc4)cc(-c4ccccc4)c3)c3ccccc23)n1. The standard InChI is InChI=1S/C47H38N2/c1-47(2,3)43-28-17-29-44(48-43)49(38-22-11-6-12-23-38)46-41-26-15-13-24-39(41)45(40-25-14-16-27-42(40)46)37-31-35(33-18-7-4-8-19-33)30-36(32-37)34-20-9-5-10-21-34/h4-32H,1-3H3. The highest BCUT2D eigenvalue weighted by Gasteiger charge is 2.24. The molecule has 0 saturated heterocycles. The molecule has 7 aromatic carbocycles. The summed E-state index contributed by atoms with van der Waals surface area (Å²) in [4.78, 5) is 7.65. The molecule has 0 saturated carbocycles. The van der Waals surface area contributed by atoms with Gasteiger partial charge in [-0.05, 0) is 86.6 Å². The Bertz CT molecular complexity index is 2290.